The van der Waals surface area contributed by atoms with Crippen LogP contribution in [-0.4, -0.2) is 27.5 Å². The number of aromatic amines is 1. The lowest BCUT2D eigenvalue weighted by molar-refractivity contribution is 0.103. The summed E-state index contributed by atoms with van der Waals surface area (Å²) in [5.74, 6) is 1.04. The number of hydrogen-bond acceptors (Lipinski definition) is 5. The van der Waals surface area contributed by atoms with Gasteiger partial charge in [0.05, 0.1) is 23.8 Å². The molecular formula is C25H17FN4O2S. The molecule has 162 valence electrons. The average Bonchev–Trinajstić information content (AvgIpc) is 3.57. The zero-order valence-corrected chi connectivity index (χ0v) is 18.1. The Morgan fingerprint density at radius 2 is 1.91 bits per heavy atom. The summed E-state index contributed by atoms with van der Waals surface area (Å²) in [5, 5.41) is 3.71. The standard InChI is InChI=1S/C25H17FN4O2S/c26-17-4-7-19-20(12-17)30-23(29-19)14-1-5-18(6-2-14)28-24(31)22-13-27-25(33-22)16-3-8-21-15(11-16)9-10-32-21/h1-8,11-13H,9-10H2,(H,28,31)(H,29,30). The van der Waals surface area contributed by atoms with E-state index in [0.717, 1.165) is 28.3 Å². The summed E-state index contributed by atoms with van der Waals surface area (Å²) < 4.78 is 19.0. The maximum Gasteiger partial charge on any atom is 0.267 e. The maximum atomic E-state index is 13.4. The first-order valence-electron chi connectivity index (χ1n) is 10.4. The third-order valence-electron chi connectivity index (χ3n) is 5.53. The van der Waals surface area contributed by atoms with Gasteiger partial charge in [-0.05, 0) is 66.2 Å². The van der Waals surface area contributed by atoms with Gasteiger partial charge in [0.25, 0.3) is 5.91 Å². The summed E-state index contributed by atoms with van der Waals surface area (Å²) in [7, 11) is 0. The molecule has 0 spiro atoms. The van der Waals surface area contributed by atoms with E-state index >= 15 is 0 Å². The number of rotatable bonds is 4. The van der Waals surface area contributed by atoms with E-state index in [1.165, 1.54) is 29.0 Å². The number of aromatic nitrogens is 3. The Kier molecular flexibility index (Phi) is 4.66. The van der Waals surface area contributed by atoms with Gasteiger partial charge in [0, 0.05) is 23.2 Å². The summed E-state index contributed by atoms with van der Waals surface area (Å²) in [6.45, 7) is 0.706. The first-order valence-corrected chi connectivity index (χ1v) is 11.2. The number of anilines is 1. The number of nitrogens with one attached hydrogen (secondary N) is 2. The Morgan fingerprint density at radius 3 is 2.79 bits per heavy atom. The van der Waals surface area contributed by atoms with Crippen molar-refractivity contribution in [3.05, 3.63) is 83.1 Å². The number of H-pyrrole nitrogens is 1. The van der Waals surface area contributed by atoms with E-state index in [9.17, 15) is 9.18 Å². The quantitative estimate of drug-likeness (QED) is 0.365. The van der Waals surface area contributed by atoms with Crippen LogP contribution in [0.25, 0.3) is 33.0 Å². The molecule has 6 nitrogen and oxygen atoms in total. The normalized spacial score (nSPS) is 12.5. The van der Waals surface area contributed by atoms with Crippen molar-refractivity contribution in [1.29, 1.82) is 0 Å². The average molecular weight is 457 g/mol. The Balaban J connectivity index is 1.17. The van der Waals surface area contributed by atoms with Crippen LogP contribution in [0.3, 0.4) is 0 Å². The van der Waals surface area contributed by atoms with Crippen molar-refractivity contribution < 1.29 is 13.9 Å². The van der Waals surface area contributed by atoms with E-state index in [2.05, 4.69) is 26.3 Å². The number of halogens is 1. The molecule has 0 aliphatic carbocycles. The number of ether oxygens (including phenoxy) is 1. The number of thiazole rings is 1. The molecule has 3 aromatic carbocycles. The molecule has 1 amide bonds. The Morgan fingerprint density at radius 1 is 1.06 bits per heavy atom. The number of benzene rings is 3. The molecule has 5 aromatic rings. The van der Waals surface area contributed by atoms with Crippen LogP contribution in [0.5, 0.6) is 5.75 Å². The Bertz CT molecular complexity index is 1510. The maximum absolute atomic E-state index is 13.4. The fourth-order valence-corrected chi connectivity index (χ4v) is 4.66. The molecule has 2 aromatic heterocycles. The van der Waals surface area contributed by atoms with Gasteiger partial charge in [-0.3, -0.25) is 4.79 Å². The number of amides is 1. The van der Waals surface area contributed by atoms with E-state index in [1.807, 2.05) is 36.4 Å². The molecule has 0 saturated carbocycles. The molecular weight excluding hydrogens is 439 g/mol. The van der Waals surface area contributed by atoms with Gasteiger partial charge >= 0.3 is 0 Å². The lowest BCUT2D eigenvalue weighted by Gasteiger charge is -2.04. The predicted octanol–water partition coefficient (Wildman–Crippen LogP) is 5.68. The van der Waals surface area contributed by atoms with Gasteiger partial charge in [0.1, 0.15) is 27.3 Å². The molecule has 1 aliphatic heterocycles. The molecule has 3 heterocycles. The van der Waals surface area contributed by atoms with Crippen LogP contribution in [-0.2, 0) is 6.42 Å². The minimum absolute atomic E-state index is 0.213. The summed E-state index contributed by atoms with van der Waals surface area (Å²) in [6.07, 6.45) is 2.49. The second-order valence-corrected chi connectivity index (χ2v) is 8.76. The molecule has 2 N–H and O–H groups in total. The van der Waals surface area contributed by atoms with Gasteiger partial charge < -0.3 is 15.0 Å². The van der Waals surface area contributed by atoms with Crippen molar-refractivity contribution in [2.24, 2.45) is 0 Å². The fraction of sp³-hybridized carbons (Fsp3) is 0.0800. The number of imidazole rings is 1. The monoisotopic (exact) mass is 456 g/mol. The van der Waals surface area contributed by atoms with Crippen molar-refractivity contribution in [1.82, 2.24) is 15.0 Å². The van der Waals surface area contributed by atoms with Crippen molar-refractivity contribution in [3.8, 4) is 27.7 Å². The SMILES string of the molecule is O=C(Nc1ccc(-c2nc3ccc(F)cc3[nH]2)cc1)c1cnc(-c2ccc3c(c2)CCO3)s1. The Hall–Kier alpha value is -4.04. The zero-order chi connectivity index (χ0) is 22.4. The molecule has 6 rings (SSSR count). The van der Waals surface area contributed by atoms with Gasteiger partial charge in [-0.1, -0.05) is 0 Å². The molecule has 0 atom stereocenters. The van der Waals surface area contributed by atoms with Crippen LogP contribution >= 0.6 is 11.3 Å². The first-order chi connectivity index (χ1) is 16.1. The van der Waals surface area contributed by atoms with Gasteiger partial charge in [-0.15, -0.1) is 11.3 Å². The summed E-state index contributed by atoms with van der Waals surface area (Å²) >= 11 is 1.35. The highest BCUT2D eigenvalue weighted by atomic mass is 32.1. The van der Waals surface area contributed by atoms with Gasteiger partial charge in [0.15, 0.2) is 0 Å². The van der Waals surface area contributed by atoms with Crippen LogP contribution in [0.4, 0.5) is 10.1 Å². The molecule has 0 fully saturated rings. The molecule has 1 aliphatic rings. The number of hydrogen-bond donors (Lipinski definition) is 2. The smallest absolute Gasteiger partial charge is 0.267 e. The predicted molar refractivity (Wildman–Crippen MR) is 126 cm³/mol. The van der Waals surface area contributed by atoms with Crippen LogP contribution in [0.15, 0.2) is 66.9 Å². The largest absolute Gasteiger partial charge is 0.493 e. The topological polar surface area (TPSA) is 79.9 Å². The highest BCUT2D eigenvalue weighted by Gasteiger charge is 2.16. The van der Waals surface area contributed by atoms with E-state index < -0.39 is 0 Å². The highest BCUT2D eigenvalue weighted by Crippen LogP contribution is 2.32. The second-order valence-electron chi connectivity index (χ2n) is 7.73. The molecule has 0 radical (unpaired) electrons. The van der Waals surface area contributed by atoms with Crippen molar-refractivity contribution in [2.45, 2.75) is 6.42 Å². The summed E-state index contributed by atoms with van der Waals surface area (Å²) in [4.78, 5) is 25.3. The number of fused-ring (bicyclic) bond motifs is 2. The van der Waals surface area contributed by atoms with E-state index in [1.54, 1.807) is 12.3 Å². The minimum atomic E-state index is -0.313. The van der Waals surface area contributed by atoms with E-state index in [-0.39, 0.29) is 11.7 Å². The van der Waals surface area contributed by atoms with Crippen molar-refractivity contribution in [2.75, 3.05) is 11.9 Å². The van der Waals surface area contributed by atoms with E-state index in [4.69, 9.17) is 4.74 Å². The van der Waals surface area contributed by atoms with Crippen LogP contribution in [0.1, 0.15) is 15.2 Å². The lowest BCUT2D eigenvalue weighted by atomic mass is 10.1. The van der Waals surface area contributed by atoms with Crippen molar-refractivity contribution >= 4 is 34.0 Å². The van der Waals surface area contributed by atoms with Crippen LogP contribution < -0.4 is 10.1 Å². The van der Waals surface area contributed by atoms with Gasteiger partial charge in [-0.25, -0.2) is 14.4 Å². The van der Waals surface area contributed by atoms with Gasteiger partial charge in [-0.2, -0.15) is 0 Å². The molecule has 8 heteroatoms. The van der Waals surface area contributed by atoms with Crippen molar-refractivity contribution in [3.63, 3.8) is 0 Å². The second kappa shape index (κ2) is 7.83. The Labute approximate surface area is 192 Å². The minimum Gasteiger partial charge on any atom is -0.493 e. The first kappa shape index (κ1) is 19.6. The van der Waals surface area contributed by atoms with Crippen LogP contribution in [0.2, 0.25) is 0 Å². The van der Waals surface area contributed by atoms with Crippen LogP contribution in [0, 0.1) is 5.82 Å². The zero-order valence-electron chi connectivity index (χ0n) is 17.3. The molecule has 0 unspecified atom stereocenters. The fourth-order valence-electron chi connectivity index (χ4n) is 3.85. The third kappa shape index (κ3) is 3.74. The molecule has 0 bridgehead atoms. The van der Waals surface area contributed by atoms with E-state index in [0.29, 0.717) is 34.0 Å². The number of nitrogens with zero attached hydrogens (tertiary/aromatic N) is 2. The number of carbonyl (C=O) groups excluding carboxylic acids is 1. The van der Waals surface area contributed by atoms with Gasteiger partial charge in [0.2, 0.25) is 0 Å². The summed E-state index contributed by atoms with van der Waals surface area (Å²) in [5.41, 5.74) is 4.99. The highest BCUT2D eigenvalue weighted by molar-refractivity contribution is 7.17. The third-order valence-corrected chi connectivity index (χ3v) is 6.57. The summed E-state index contributed by atoms with van der Waals surface area (Å²) in [6, 6.07) is 17.8. The molecule has 33 heavy (non-hydrogen) atoms. The molecule has 0 saturated heterocycles. The lowest BCUT2D eigenvalue weighted by Crippen LogP contribution is -2.09. The number of carbonyl (C=O) groups is 1.